The molecule has 0 amide bonds. The second kappa shape index (κ2) is 13.9. The first-order valence-electron chi connectivity index (χ1n) is 21.7. The van der Waals surface area contributed by atoms with Gasteiger partial charge in [-0.2, -0.15) is 26.3 Å². The van der Waals surface area contributed by atoms with Crippen LogP contribution in [0.5, 0.6) is 0 Å². The Morgan fingerprint density at radius 3 is 1.98 bits per heavy atom. The van der Waals surface area contributed by atoms with Gasteiger partial charge in [0.25, 0.3) is 0 Å². The highest BCUT2D eigenvalue weighted by Gasteiger charge is 2.56. The van der Waals surface area contributed by atoms with Crippen LogP contribution in [0.4, 0.5) is 26.3 Å². The molecule has 3 atom stereocenters. The lowest BCUT2D eigenvalue weighted by molar-refractivity contribution is -0.138. The molecule has 1 radical (unpaired) electrons. The number of aromatic nitrogens is 2. The summed E-state index contributed by atoms with van der Waals surface area (Å²) in [4.78, 5) is 0. The summed E-state index contributed by atoms with van der Waals surface area (Å²) in [5, 5.41) is 4.34. The molecule has 3 unspecified atom stereocenters. The van der Waals surface area contributed by atoms with Crippen molar-refractivity contribution in [3.8, 4) is 33.6 Å². The monoisotopic (exact) mass is 851 g/mol. The van der Waals surface area contributed by atoms with Crippen LogP contribution >= 0.6 is 0 Å². The summed E-state index contributed by atoms with van der Waals surface area (Å²) in [6.07, 6.45) is 6.32. The topological polar surface area (TPSA) is 9.86 Å². The normalized spacial score (nSPS) is 21.6. The van der Waals surface area contributed by atoms with Gasteiger partial charge in [-0.15, -0.1) is 0 Å². The highest BCUT2D eigenvalue weighted by atomic mass is 19.4. The number of rotatable bonds is 4. The van der Waals surface area contributed by atoms with Crippen LogP contribution in [-0.4, -0.2) is 16.5 Å². The Labute approximate surface area is 366 Å². The van der Waals surface area contributed by atoms with Crippen molar-refractivity contribution in [1.82, 2.24) is 8.96 Å². The first-order valence-corrected chi connectivity index (χ1v) is 21.7. The van der Waals surface area contributed by atoms with E-state index in [1.807, 2.05) is 37.9 Å². The molecule has 1 aliphatic heterocycles. The number of benzene rings is 5. The fraction of sp³-hybridized carbons (Fsp3) is 0.164. The summed E-state index contributed by atoms with van der Waals surface area (Å²) in [6.45, 7) is 2.39. The Morgan fingerprint density at radius 2 is 1.31 bits per heavy atom. The van der Waals surface area contributed by atoms with Crippen molar-refractivity contribution < 1.29 is 26.3 Å². The molecule has 5 aliphatic rings. The lowest BCUT2D eigenvalue weighted by atomic mass is 9.61. The third kappa shape index (κ3) is 5.89. The first kappa shape index (κ1) is 38.9. The van der Waals surface area contributed by atoms with E-state index in [0.717, 1.165) is 81.2 Å². The molecule has 0 spiro atoms. The van der Waals surface area contributed by atoms with Crippen molar-refractivity contribution in [2.45, 2.75) is 49.9 Å². The van der Waals surface area contributed by atoms with Gasteiger partial charge in [-0.05, 0) is 123 Å². The number of nitrogens with zero attached hydrogens (tertiary/aromatic N) is 2. The molecule has 2 nitrogen and oxygen atoms in total. The first-order chi connectivity index (χ1) is 30.9. The average molecular weight is 852 g/mol. The highest BCUT2D eigenvalue weighted by molar-refractivity contribution is 6.36. The molecule has 0 N–H and O–H groups in total. The van der Waals surface area contributed by atoms with Gasteiger partial charge in [0.1, 0.15) is 0 Å². The minimum absolute atomic E-state index is 0.293. The van der Waals surface area contributed by atoms with Crippen LogP contribution in [0.15, 0.2) is 175 Å². The Balaban J connectivity index is 1.24. The maximum atomic E-state index is 14.0. The van der Waals surface area contributed by atoms with E-state index in [9.17, 15) is 26.3 Å². The molecule has 9 heteroatoms. The number of hydrogen-bond acceptors (Lipinski definition) is 0. The quantitative estimate of drug-likeness (QED) is 0.123. The Morgan fingerprint density at radius 1 is 0.641 bits per heavy atom. The van der Waals surface area contributed by atoms with Crippen LogP contribution in [0.25, 0.3) is 55.6 Å². The second-order valence-electron chi connectivity index (χ2n) is 17.8. The van der Waals surface area contributed by atoms with Crippen molar-refractivity contribution in [2.24, 2.45) is 5.92 Å². The summed E-state index contributed by atoms with van der Waals surface area (Å²) in [6, 6.07) is 38.0. The van der Waals surface area contributed by atoms with Crippen LogP contribution in [0.1, 0.15) is 60.1 Å². The van der Waals surface area contributed by atoms with Gasteiger partial charge in [-0.25, -0.2) is 0 Å². The average Bonchev–Trinajstić information content (AvgIpc) is 3.87. The van der Waals surface area contributed by atoms with Gasteiger partial charge in [0.2, 0.25) is 0 Å². The predicted octanol–water partition coefficient (Wildman–Crippen LogP) is 12.9. The molecule has 7 aromatic rings. The van der Waals surface area contributed by atoms with Crippen molar-refractivity contribution in [3.05, 3.63) is 214 Å². The maximum Gasteiger partial charge on any atom is 0.416 e. The molecule has 3 heterocycles. The van der Waals surface area contributed by atoms with Gasteiger partial charge in [-0.3, -0.25) is 0 Å². The van der Waals surface area contributed by atoms with E-state index in [1.54, 1.807) is 0 Å². The van der Waals surface area contributed by atoms with Gasteiger partial charge in [0, 0.05) is 44.2 Å². The van der Waals surface area contributed by atoms with E-state index in [0.29, 0.717) is 40.8 Å². The zero-order valence-electron chi connectivity index (χ0n) is 34.6. The predicted molar refractivity (Wildman–Crippen MR) is 243 cm³/mol. The minimum Gasteiger partial charge on any atom is -0.367 e. The summed E-state index contributed by atoms with van der Waals surface area (Å²) in [5.41, 5.74) is 10.8. The molecule has 4 aliphatic carbocycles. The molecule has 5 aromatic carbocycles. The third-order valence-corrected chi connectivity index (χ3v) is 14.1. The molecule has 313 valence electrons. The summed E-state index contributed by atoms with van der Waals surface area (Å²) >= 11 is 0. The van der Waals surface area contributed by atoms with E-state index in [1.165, 1.54) is 51.7 Å². The second-order valence-corrected chi connectivity index (χ2v) is 17.8. The molecule has 1 fully saturated rings. The van der Waals surface area contributed by atoms with Gasteiger partial charge in [-0.1, -0.05) is 134 Å². The molecule has 0 bridgehead atoms. The van der Waals surface area contributed by atoms with E-state index in [2.05, 4.69) is 101 Å². The molecule has 2 aromatic heterocycles. The number of fused-ring (bicyclic) bond motifs is 10. The van der Waals surface area contributed by atoms with E-state index < -0.39 is 23.5 Å². The third-order valence-electron chi connectivity index (χ3n) is 14.1. The van der Waals surface area contributed by atoms with Crippen LogP contribution in [0.2, 0.25) is 0 Å². The van der Waals surface area contributed by atoms with Gasteiger partial charge in [0.05, 0.1) is 11.1 Å². The van der Waals surface area contributed by atoms with Crippen molar-refractivity contribution >= 4 is 29.5 Å². The molecule has 1 saturated carbocycles. The Bertz CT molecular complexity index is 3360. The van der Waals surface area contributed by atoms with Crippen LogP contribution in [-0.2, 0) is 17.8 Å². The zero-order chi connectivity index (χ0) is 43.7. The van der Waals surface area contributed by atoms with Gasteiger partial charge >= 0.3 is 19.9 Å². The summed E-state index contributed by atoms with van der Waals surface area (Å²) < 4.78 is 88.0. The van der Waals surface area contributed by atoms with Crippen molar-refractivity contribution in [1.29, 1.82) is 0 Å². The fourth-order valence-corrected chi connectivity index (χ4v) is 11.2. The van der Waals surface area contributed by atoms with Crippen LogP contribution in [0.3, 0.4) is 0 Å². The Hall–Kier alpha value is -6.74. The van der Waals surface area contributed by atoms with Crippen molar-refractivity contribution in [3.63, 3.8) is 0 Å². The standard InChI is InChI=1S/C55H38BF6N2/c1-53-28-10-17-41(50(53)45-29-44(45)40-27-22-34-15-8-9-16-39(34)49(40)53)48-51-42(32-11-4-2-5-12-32)30-46(35-18-23-37(24-19-35)54(57,58)59)63(51)56-64-47(36-20-25-38(26-21-36)55(60,61)62)31-43(52(48)64)33-13-6-3-7-14-33/h2-13,15-27,30-31,44-45H,14,28-29H2,1H3. The van der Waals surface area contributed by atoms with E-state index >= 15 is 0 Å². The molecule has 0 saturated heterocycles. The minimum atomic E-state index is -4.51. The van der Waals surface area contributed by atoms with E-state index in [-0.39, 0.29) is 5.41 Å². The SMILES string of the molecule is CC12CC=CC(C3=c4c(=C5C=CC=CC5)cc(-c5ccc(C(F)(F)F)cc5)n4[B]n4c(-c5ccc(C(F)(F)F)cc5)cc(-c5ccccc5)c43)=C1C1CC1c1ccc3ccccc3c12. The molecular formula is C55H38BF6N2. The smallest absolute Gasteiger partial charge is 0.367 e. The fourth-order valence-electron chi connectivity index (χ4n) is 11.2. The number of alkyl halides is 6. The van der Waals surface area contributed by atoms with E-state index in [4.69, 9.17) is 0 Å². The molecule has 64 heavy (non-hydrogen) atoms. The highest BCUT2D eigenvalue weighted by Crippen LogP contribution is 2.67. The van der Waals surface area contributed by atoms with Crippen LogP contribution in [0, 0.1) is 5.92 Å². The summed E-state index contributed by atoms with van der Waals surface area (Å²) in [5.74, 6) is 0.652. The van der Waals surface area contributed by atoms with Crippen LogP contribution < -0.4 is 10.6 Å². The number of halogens is 6. The maximum absolute atomic E-state index is 14.0. The lowest BCUT2D eigenvalue weighted by Crippen LogP contribution is -2.43. The Kier molecular flexibility index (Phi) is 8.44. The summed E-state index contributed by atoms with van der Waals surface area (Å²) in [7, 11) is 1.98. The van der Waals surface area contributed by atoms with Gasteiger partial charge < -0.3 is 8.96 Å². The zero-order valence-corrected chi connectivity index (χ0v) is 34.6. The lowest BCUT2D eigenvalue weighted by Gasteiger charge is -2.43. The molecule has 12 rings (SSSR count). The largest absolute Gasteiger partial charge is 0.416 e. The number of hydrogen-bond donors (Lipinski definition) is 0. The van der Waals surface area contributed by atoms with Gasteiger partial charge in [0.15, 0.2) is 0 Å². The number of allylic oxidation sites excluding steroid dienone is 8. The van der Waals surface area contributed by atoms with Crippen molar-refractivity contribution in [2.75, 3.05) is 0 Å². The molecular weight excluding hydrogens is 813 g/mol.